The van der Waals surface area contributed by atoms with E-state index in [-0.39, 0.29) is 5.75 Å². The lowest BCUT2D eigenvalue weighted by atomic mass is 10.1. The molecule has 1 aromatic carbocycles. The molecule has 0 amide bonds. The first kappa shape index (κ1) is 16.7. The van der Waals surface area contributed by atoms with Gasteiger partial charge >= 0.3 is 6.61 Å². The Kier molecular flexibility index (Phi) is 5.90. The van der Waals surface area contributed by atoms with Crippen LogP contribution in [0.15, 0.2) is 35.5 Å². The second-order valence-corrected chi connectivity index (χ2v) is 4.85. The van der Waals surface area contributed by atoms with Gasteiger partial charge in [0.25, 0.3) is 0 Å². The monoisotopic (exact) mass is 323 g/mol. The van der Waals surface area contributed by atoms with Gasteiger partial charge < -0.3 is 15.4 Å². The number of alkyl halides is 2. The molecule has 2 rings (SSSR count). The maximum atomic E-state index is 12.5. The standard InChI is InChI=1S/C15H19F2N5O/c1-10-3-4-13(23-14(16)17)11(7-10)8-19-15(18-2)20-9-12-5-6-21-22-12/h3-7,14H,8-9H2,1-2H3,(H,21,22)(H2,18,19,20). The predicted octanol–water partition coefficient (Wildman–Crippen LogP) is 2.18. The highest BCUT2D eigenvalue weighted by Crippen LogP contribution is 2.21. The molecule has 8 heteroatoms. The van der Waals surface area contributed by atoms with Gasteiger partial charge in [0.1, 0.15) is 5.75 Å². The lowest BCUT2D eigenvalue weighted by Gasteiger charge is -2.15. The van der Waals surface area contributed by atoms with Gasteiger partial charge in [0, 0.05) is 25.4 Å². The molecule has 0 saturated heterocycles. The van der Waals surface area contributed by atoms with Crippen molar-refractivity contribution in [2.75, 3.05) is 7.05 Å². The highest BCUT2D eigenvalue weighted by Gasteiger charge is 2.10. The highest BCUT2D eigenvalue weighted by molar-refractivity contribution is 5.79. The number of hydrogen-bond acceptors (Lipinski definition) is 3. The number of aromatic amines is 1. The fourth-order valence-electron chi connectivity index (χ4n) is 2.02. The number of nitrogens with zero attached hydrogens (tertiary/aromatic N) is 2. The third-order valence-electron chi connectivity index (χ3n) is 3.11. The summed E-state index contributed by atoms with van der Waals surface area (Å²) in [5.41, 5.74) is 2.50. The Balaban J connectivity index is 1.96. The van der Waals surface area contributed by atoms with E-state index in [1.807, 2.05) is 13.0 Å². The summed E-state index contributed by atoms with van der Waals surface area (Å²) in [6, 6.07) is 6.91. The number of guanidine groups is 1. The van der Waals surface area contributed by atoms with Crippen LogP contribution in [-0.2, 0) is 13.1 Å². The molecular weight excluding hydrogens is 304 g/mol. The minimum absolute atomic E-state index is 0.155. The van der Waals surface area contributed by atoms with Gasteiger partial charge in [0.05, 0.1) is 12.2 Å². The van der Waals surface area contributed by atoms with E-state index in [0.717, 1.165) is 11.3 Å². The van der Waals surface area contributed by atoms with Crippen molar-refractivity contribution in [1.29, 1.82) is 0 Å². The molecule has 3 N–H and O–H groups in total. The first-order chi connectivity index (χ1) is 11.1. The Labute approximate surface area is 133 Å². The maximum Gasteiger partial charge on any atom is 0.387 e. The Morgan fingerprint density at radius 2 is 2.09 bits per heavy atom. The average Bonchev–Trinajstić information content (AvgIpc) is 3.03. The summed E-state index contributed by atoms with van der Waals surface area (Å²) in [5, 5.41) is 12.8. The van der Waals surface area contributed by atoms with Crippen LogP contribution in [0.2, 0.25) is 0 Å². The van der Waals surface area contributed by atoms with Crippen LogP contribution in [-0.4, -0.2) is 29.8 Å². The highest BCUT2D eigenvalue weighted by atomic mass is 19.3. The van der Waals surface area contributed by atoms with Crippen LogP contribution in [0.5, 0.6) is 5.75 Å². The number of H-pyrrole nitrogens is 1. The zero-order chi connectivity index (χ0) is 16.7. The first-order valence-corrected chi connectivity index (χ1v) is 7.05. The van der Waals surface area contributed by atoms with Crippen molar-refractivity contribution in [3.8, 4) is 5.75 Å². The van der Waals surface area contributed by atoms with Crippen LogP contribution in [0, 0.1) is 6.92 Å². The Morgan fingerprint density at radius 3 is 2.74 bits per heavy atom. The fraction of sp³-hybridized carbons (Fsp3) is 0.333. The van der Waals surface area contributed by atoms with E-state index in [0.29, 0.717) is 24.6 Å². The molecule has 0 aliphatic carbocycles. The fourth-order valence-corrected chi connectivity index (χ4v) is 2.02. The Hall–Kier alpha value is -2.64. The quantitative estimate of drug-likeness (QED) is 0.563. The topological polar surface area (TPSA) is 74.3 Å². The molecule has 0 aliphatic rings. The van der Waals surface area contributed by atoms with Crippen molar-refractivity contribution < 1.29 is 13.5 Å². The van der Waals surface area contributed by atoms with Gasteiger partial charge in [0.2, 0.25) is 0 Å². The zero-order valence-electron chi connectivity index (χ0n) is 12.9. The van der Waals surface area contributed by atoms with Crippen molar-refractivity contribution in [3.63, 3.8) is 0 Å². The average molecular weight is 323 g/mol. The number of aryl methyl sites for hydroxylation is 1. The van der Waals surface area contributed by atoms with Crippen LogP contribution < -0.4 is 15.4 Å². The lowest BCUT2D eigenvalue weighted by molar-refractivity contribution is -0.0504. The van der Waals surface area contributed by atoms with Crippen molar-refractivity contribution in [2.45, 2.75) is 26.6 Å². The van der Waals surface area contributed by atoms with Crippen LogP contribution in [0.3, 0.4) is 0 Å². The Bertz CT molecular complexity index is 643. The smallest absolute Gasteiger partial charge is 0.387 e. The van der Waals surface area contributed by atoms with Gasteiger partial charge in [-0.15, -0.1) is 0 Å². The van der Waals surface area contributed by atoms with Gasteiger partial charge in [-0.05, 0) is 19.1 Å². The molecule has 0 radical (unpaired) electrons. The molecular formula is C15H19F2N5O. The number of halogens is 2. The summed E-state index contributed by atoms with van der Waals surface area (Å²) in [4.78, 5) is 4.09. The number of aromatic nitrogens is 2. The minimum atomic E-state index is -2.85. The van der Waals surface area contributed by atoms with Gasteiger partial charge in [-0.3, -0.25) is 10.1 Å². The summed E-state index contributed by atoms with van der Waals surface area (Å²) in [5.74, 6) is 0.700. The summed E-state index contributed by atoms with van der Waals surface area (Å²) in [7, 11) is 1.63. The summed E-state index contributed by atoms with van der Waals surface area (Å²) >= 11 is 0. The van der Waals surface area contributed by atoms with Gasteiger partial charge in [-0.2, -0.15) is 13.9 Å². The molecule has 0 saturated carbocycles. The van der Waals surface area contributed by atoms with Crippen LogP contribution in [0.25, 0.3) is 0 Å². The molecule has 23 heavy (non-hydrogen) atoms. The summed E-state index contributed by atoms with van der Waals surface area (Å²) in [6.07, 6.45) is 1.66. The normalized spacial score (nSPS) is 11.6. The van der Waals surface area contributed by atoms with E-state index >= 15 is 0 Å². The molecule has 0 spiro atoms. The molecule has 0 unspecified atom stereocenters. The largest absolute Gasteiger partial charge is 0.434 e. The van der Waals surface area contributed by atoms with E-state index in [9.17, 15) is 8.78 Å². The van der Waals surface area contributed by atoms with E-state index in [1.165, 1.54) is 0 Å². The third-order valence-corrected chi connectivity index (χ3v) is 3.11. The third kappa shape index (κ3) is 5.24. The molecule has 124 valence electrons. The molecule has 0 atom stereocenters. The van der Waals surface area contributed by atoms with Crippen molar-refractivity contribution in [1.82, 2.24) is 20.8 Å². The number of benzene rings is 1. The van der Waals surface area contributed by atoms with Crippen molar-refractivity contribution in [3.05, 3.63) is 47.3 Å². The number of ether oxygens (including phenoxy) is 1. The predicted molar refractivity (Wildman–Crippen MR) is 83.4 cm³/mol. The Morgan fingerprint density at radius 1 is 1.30 bits per heavy atom. The van der Waals surface area contributed by atoms with E-state index in [4.69, 9.17) is 0 Å². The van der Waals surface area contributed by atoms with Gasteiger partial charge in [-0.1, -0.05) is 17.7 Å². The SMILES string of the molecule is CN=C(NCc1ccn[nH]1)NCc1cc(C)ccc1OC(F)F. The molecule has 0 fully saturated rings. The zero-order valence-corrected chi connectivity index (χ0v) is 12.9. The second-order valence-electron chi connectivity index (χ2n) is 4.85. The minimum Gasteiger partial charge on any atom is -0.434 e. The molecule has 1 heterocycles. The molecule has 1 aromatic heterocycles. The molecule has 6 nitrogen and oxygen atoms in total. The van der Waals surface area contributed by atoms with Crippen molar-refractivity contribution in [2.24, 2.45) is 4.99 Å². The maximum absolute atomic E-state index is 12.5. The van der Waals surface area contributed by atoms with Gasteiger partial charge in [-0.25, -0.2) is 0 Å². The summed E-state index contributed by atoms with van der Waals surface area (Å²) < 4.78 is 29.4. The molecule has 2 aromatic rings. The van der Waals surface area contributed by atoms with E-state index in [1.54, 1.807) is 31.4 Å². The van der Waals surface area contributed by atoms with Gasteiger partial charge in [0.15, 0.2) is 5.96 Å². The first-order valence-electron chi connectivity index (χ1n) is 7.05. The number of aliphatic imine (C=N–C) groups is 1. The van der Waals surface area contributed by atoms with E-state index < -0.39 is 6.61 Å². The van der Waals surface area contributed by atoms with Crippen molar-refractivity contribution >= 4 is 5.96 Å². The van der Waals surface area contributed by atoms with Crippen LogP contribution in [0.1, 0.15) is 16.8 Å². The molecule has 0 aliphatic heterocycles. The van der Waals surface area contributed by atoms with Crippen LogP contribution in [0.4, 0.5) is 8.78 Å². The van der Waals surface area contributed by atoms with Crippen LogP contribution >= 0.6 is 0 Å². The number of rotatable bonds is 6. The lowest BCUT2D eigenvalue weighted by Crippen LogP contribution is -2.36. The van der Waals surface area contributed by atoms with E-state index in [2.05, 4.69) is 30.6 Å². The molecule has 0 bridgehead atoms. The summed E-state index contributed by atoms with van der Waals surface area (Å²) in [6.45, 7) is -0.129. The number of nitrogens with one attached hydrogen (secondary N) is 3. The number of hydrogen-bond donors (Lipinski definition) is 3. The second kappa shape index (κ2) is 8.11.